The fraction of sp³-hybridized carbons (Fsp3) is 0. The molecule has 0 aromatic rings. The Kier molecular flexibility index (Phi) is 20.1. The summed E-state index contributed by atoms with van der Waals surface area (Å²) in [6.45, 7) is 0. The molecule has 86 valence electrons. The van der Waals surface area contributed by atoms with Crippen LogP contribution in [-0.4, -0.2) is 69.9 Å². The van der Waals surface area contributed by atoms with Crippen LogP contribution in [0.25, 0.3) is 0 Å². The zero-order chi connectivity index (χ0) is 11.7. The Labute approximate surface area is 101 Å². The molecule has 0 saturated carbocycles. The van der Waals surface area contributed by atoms with E-state index in [-0.39, 0.29) is 29.6 Å². The van der Waals surface area contributed by atoms with Gasteiger partial charge in [-0.2, -0.15) is 22.7 Å². The van der Waals surface area contributed by atoms with Crippen LogP contribution in [0.4, 0.5) is 0 Å². The number of hydrogen-bond acceptors (Lipinski definition) is 7. The maximum atomic E-state index is 8.74. The van der Waals surface area contributed by atoms with Crippen LogP contribution < -0.4 is 5.90 Å². The molecule has 0 saturated heterocycles. The Morgan fingerprint density at radius 1 is 0.857 bits per heavy atom. The zero-order valence-corrected chi connectivity index (χ0v) is 7.30. The molecule has 7 N–H and O–H groups in total. The molecule has 0 bridgehead atoms. The van der Waals surface area contributed by atoms with E-state index in [1.165, 1.54) is 0 Å². The van der Waals surface area contributed by atoms with E-state index in [0.717, 1.165) is 0 Å². The Balaban J connectivity index is -0.0000000535. The maximum absolute atomic E-state index is 8.74. The standard InChI is InChI=1S/H3NO2.Na.2H2O4S.H/c1-3-2;;2*1-5(2,3)4;/h2H,1H2;;2*(H2,1,2,3,4);. The van der Waals surface area contributed by atoms with E-state index in [4.69, 9.17) is 40.3 Å². The molecule has 14 heavy (non-hydrogen) atoms. The number of hydrogen-bond donors (Lipinski definition) is 6. The molecule has 0 aliphatic heterocycles. The van der Waals surface area contributed by atoms with Gasteiger partial charge in [-0.1, -0.05) is 0 Å². The van der Waals surface area contributed by atoms with Gasteiger partial charge in [0.1, 0.15) is 0 Å². The molecular weight excluding hydrogens is 261 g/mol. The van der Waals surface area contributed by atoms with Crippen molar-refractivity contribution in [3.05, 3.63) is 0 Å². The van der Waals surface area contributed by atoms with Gasteiger partial charge in [-0.05, 0) is 0 Å². The summed E-state index contributed by atoms with van der Waals surface area (Å²) < 4.78 is 63.2. The van der Waals surface area contributed by atoms with Gasteiger partial charge in [0, 0.05) is 0 Å². The topological polar surface area (TPSA) is 205 Å². The molecule has 0 amide bonds. The molecule has 0 aromatic carbocycles. The van der Waals surface area contributed by atoms with Gasteiger partial charge < -0.3 is 0 Å². The number of rotatable bonds is 0. The van der Waals surface area contributed by atoms with Crippen molar-refractivity contribution in [1.29, 1.82) is 0 Å². The minimum absolute atomic E-state index is 0. The third kappa shape index (κ3) is 4430. The molecule has 0 heterocycles. The van der Waals surface area contributed by atoms with E-state index in [2.05, 4.69) is 10.9 Å². The first kappa shape index (κ1) is 24.0. The Morgan fingerprint density at radius 2 is 0.857 bits per heavy atom. The summed E-state index contributed by atoms with van der Waals surface area (Å²) in [6, 6.07) is 0. The van der Waals surface area contributed by atoms with Gasteiger partial charge in [0.25, 0.3) is 0 Å². The average Bonchev–Trinajstić information content (AvgIpc) is 1.52. The molecule has 0 aliphatic rings. The second kappa shape index (κ2) is 11.7. The molecule has 0 rings (SSSR count). The van der Waals surface area contributed by atoms with Gasteiger partial charge in [-0.3, -0.25) is 18.2 Å². The van der Waals surface area contributed by atoms with Gasteiger partial charge in [0.15, 0.2) is 0 Å². The van der Waals surface area contributed by atoms with E-state index in [0.29, 0.717) is 0 Å². The van der Waals surface area contributed by atoms with E-state index in [9.17, 15) is 0 Å². The summed E-state index contributed by atoms with van der Waals surface area (Å²) in [5.74, 6) is 3.90. The van der Waals surface area contributed by atoms with Crippen molar-refractivity contribution in [2.75, 3.05) is 0 Å². The van der Waals surface area contributed by atoms with Crippen LogP contribution in [0.3, 0.4) is 0 Å². The van der Waals surface area contributed by atoms with Gasteiger partial charge >= 0.3 is 50.4 Å². The quantitative estimate of drug-likeness (QED) is 0.116. The first-order valence-corrected chi connectivity index (χ1v) is 4.61. The van der Waals surface area contributed by atoms with Crippen LogP contribution in [0.15, 0.2) is 0 Å². The molecule has 0 aromatic heterocycles. The van der Waals surface area contributed by atoms with Gasteiger partial charge in [0.05, 0.1) is 0 Å². The van der Waals surface area contributed by atoms with Gasteiger partial charge in [0.2, 0.25) is 0 Å². The summed E-state index contributed by atoms with van der Waals surface area (Å²) in [4.78, 5) is 2.75. The molecule has 0 radical (unpaired) electrons. The van der Waals surface area contributed by atoms with Crippen LogP contribution in [0.2, 0.25) is 0 Å². The van der Waals surface area contributed by atoms with Gasteiger partial charge in [-0.25, -0.2) is 5.26 Å². The fourth-order valence-electron chi connectivity index (χ4n) is 0. The predicted octanol–water partition coefficient (Wildman–Crippen LogP) is -2.60. The molecule has 0 aliphatic carbocycles. The van der Waals surface area contributed by atoms with Crippen molar-refractivity contribution in [1.82, 2.24) is 0 Å². The molecule has 11 nitrogen and oxygen atoms in total. The monoisotopic (exact) mass is 269 g/mol. The molecule has 0 spiro atoms. The van der Waals surface area contributed by atoms with Gasteiger partial charge in [-0.15, -0.1) is 4.99 Å². The molecule has 0 fully saturated rings. The molecule has 14 heteroatoms. The first-order valence-electron chi connectivity index (χ1n) is 1.82. The Bertz CT molecular complexity index is 227. The van der Waals surface area contributed by atoms with Crippen LogP contribution in [0.5, 0.6) is 0 Å². The second-order valence-electron chi connectivity index (χ2n) is 1.00. The SMILES string of the molecule is NOO.O=S(=O)(O)O.O=S(=O)(O)O.[NaH]. The molecule has 0 unspecified atom stereocenters. The summed E-state index contributed by atoms with van der Waals surface area (Å²) in [5, 5.41) is 6.85. The predicted molar refractivity (Wildman–Crippen MR) is 43.4 cm³/mol. The van der Waals surface area contributed by atoms with Crippen LogP contribution in [0.1, 0.15) is 0 Å². The summed E-state index contributed by atoms with van der Waals surface area (Å²) in [7, 11) is -9.33. The van der Waals surface area contributed by atoms with E-state index in [1.807, 2.05) is 0 Å². The summed E-state index contributed by atoms with van der Waals surface area (Å²) >= 11 is 0. The second-order valence-corrected chi connectivity index (χ2v) is 2.79. The fourth-order valence-corrected chi connectivity index (χ4v) is 0. The molecular formula is H8NNaO10S2. The van der Waals surface area contributed by atoms with Crippen molar-refractivity contribution in [3.8, 4) is 0 Å². The number of nitrogens with two attached hydrogens (primary N) is 1. The Morgan fingerprint density at radius 3 is 0.857 bits per heavy atom. The third-order valence-corrected chi connectivity index (χ3v) is 0. The molecule has 0 atom stereocenters. The van der Waals surface area contributed by atoms with E-state index < -0.39 is 20.8 Å². The minimum atomic E-state index is -4.67. The van der Waals surface area contributed by atoms with E-state index in [1.54, 1.807) is 0 Å². The summed E-state index contributed by atoms with van der Waals surface area (Å²) in [5.41, 5.74) is 0. The van der Waals surface area contributed by atoms with Crippen LogP contribution in [0, 0.1) is 0 Å². The first-order chi connectivity index (χ1) is 5.41. The van der Waals surface area contributed by atoms with Crippen LogP contribution >= 0.6 is 0 Å². The van der Waals surface area contributed by atoms with Crippen LogP contribution in [-0.2, 0) is 25.8 Å². The van der Waals surface area contributed by atoms with E-state index >= 15 is 0 Å². The third-order valence-electron chi connectivity index (χ3n) is 0. The normalized spacial score (nSPS) is 9.57. The van der Waals surface area contributed by atoms with Crippen molar-refractivity contribution in [2.24, 2.45) is 5.90 Å². The zero-order valence-electron chi connectivity index (χ0n) is 5.67. The van der Waals surface area contributed by atoms with Crippen molar-refractivity contribution in [2.45, 2.75) is 0 Å². The van der Waals surface area contributed by atoms with Crippen molar-refractivity contribution in [3.63, 3.8) is 0 Å². The Hall–Kier alpha value is 0.620. The van der Waals surface area contributed by atoms with Crippen molar-refractivity contribution >= 4 is 50.4 Å². The summed E-state index contributed by atoms with van der Waals surface area (Å²) in [6.07, 6.45) is 0. The van der Waals surface area contributed by atoms with Crippen molar-refractivity contribution < 1.29 is 45.3 Å². The average molecular weight is 269 g/mol.